The molecule has 0 heterocycles. The quantitative estimate of drug-likeness (QED) is 0.431. The van der Waals surface area contributed by atoms with Gasteiger partial charge in [0.05, 0.1) is 0 Å². The van der Waals surface area contributed by atoms with Crippen molar-refractivity contribution in [2.45, 2.75) is 48.0 Å². The minimum absolute atomic E-state index is 0.245. The summed E-state index contributed by atoms with van der Waals surface area (Å²) in [4.78, 5) is 0. The maximum absolute atomic E-state index is 3.86. The van der Waals surface area contributed by atoms with Gasteiger partial charge in [-0.1, -0.05) is 53.3 Å². The lowest BCUT2D eigenvalue weighted by atomic mass is 9.72. The van der Waals surface area contributed by atoms with Crippen LogP contribution in [0.15, 0.2) is 37.5 Å². The number of hydrogen-bond acceptors (Lipinski definition) is 0. The second kappa shape index (κ2) is 6.66. The predicted molar refractivity (Wildman–Crippen MR) is 73.1 cm³/mol. The third-order valence-corrected chi connectivity index (χ3v) is 2.28. The van der Waals surface area contributed by atoms with Crippen LogP contribution in [-0.4, -0.2) is 0 Å². The van der Waals surface area contributed by atoms with E-state index in [9.17, 15) is 0 Å². The number of rotatable bonds is 3. The van der Waals surface area contributed by atoms with Crippen LogP contribution in [0.25, 0.3) is 0 Å². The molecule has 0 spiro atoms. The van der Waals surface area contributed by atoms with Crippen molar-refractivity contribution in [1.82, 2.24) is 0 Å². The standard InChI is InChI=1S/C13H24.C2H4/c1-8-11(9-2)13(6,7)10-12(3,4)5;1-2/h8-9H,1,10H2,2-7H3;1-2H2/b11-9+;. The van der Waals surface area contributed by atoms with E-state index in [1.165, 1.54) is 12.0 Å². The van der Waals surface area contributed by atoms with Gasteiger partial charge in [0.25, 0.3) is 0 Å². The lowest BCUT2D eigenvalue weighted by Gasteiger charge is -2.33. The van der Waals surface area contributed by atoms with Crippen LogP contribution in [0.3, 0.4) is 0 Å². The summed E-state index contributed by atoms with van der Waals surface area (Å²) in [5.41, 5.74) is 1.97. The molecule has 0 unspecified atom stereocenters. The van der Waals surface area contributed by atoms with Gasteiger partial charge in [0.2, 0.25) is 0 Å². The van der Waals surface area contributed by atoms with Gasteiger partial charge in [-0.2, -0.15) is 0 Å². The summed E-state index contributed by atoms with van der Waals surface area (Å²) in [6.07, 6.45) is 5.33. The summed E-state index contributed by atoms with van der Waals surface area (Å²) in [7, 11) is 0. The van der Waals surface area contributed by atoms with Gasteiger partial charge in [0, 0.05) is 0 Å². The summed E-state index contributed by atoms with van der Waals surface area (Å²) < 4.78 is 0. The lowest BCUT2D eigenvalue weighted by molar-refractivity contribution is 0.253. The molecular weight excluding hydrogens is 180 g/mol. The summed E-state index contributed by atoms with van der Waals surface area (Å²) in [5, 5.41) is 0. The topological polar surface area (TPSA) is 0 Å². The molecule has 0 aromatic heterocycles. The van der Waals surface area contributed by atoms with Gasteiger partial charge in [0.1, 0.15) is 0 Å². The van der Waals surface area contributed by atoms with Gasteiger partial charge in [0.15, 0.2) is 0 Å². The molecule has 0 atom stereocenters. The molecule has 0 heteroatoms. The van der Waals surface area contributed by atoms with Crippen LogP contribution in [0, 0.1) is 10.8 Å². The molecule has 0 aliphatic carbocycles. The van der Waals surface area contributed by atoms with Crippen LogP contribution in [0.5, 0.6) is 0 Å². The van der Waals surface area contributed by atoms with E-state index in [0.29, 0.717) is 5.41 Å². The van der Waals surface area contributed by atoms with Crippen molar-refractivity contribution in [3.63, 3.8) is 0 Å². The van der Waals surface area contributed by atoms with Gasteiger partial charge in [-0.15, -0.1) is 13.2 Å². The Balaban J connectivity index is 0. The van der Waals surface area contributed by atoms with Crippen molar-refractivity contribution in [3.05, 3.63) is 37.5 Å². The molecule has 0 aromatic rings. The molecule has 0 nitrogen and oxygen atoms in total. The van der Waals surface area contributed by atoms with Gasteiger partial charge in [-0.05, 0) is 29.7 Å². The van der Waals surface area contributed by atoms with E-state index in [2.05, 4.69) is 67.4 Å². The van der Waals surface area contributed by atoms with Crippen LogP contribution in [-0.2, 0) is 0 Å². The molecule has 0 amide bonds. The summed E-state index contributed by atoms with van der Waals surface area (Å²) >= 11 is 0. The first-order valence-electron chi connectivity index (χ1n) is 5.52. The monoisotopic (exact) mass is 208 g/mol. The van der Waals surface area contributed by atoms with Crippen LogP contribution in [0.1, 0.15) is 48.0 Å². The van der Waals surface area contributed by atoms with Gasteiger partial charge in [-0.25, -0.2) is 0 Å². The van der Waals surface area contributed by atoms with Gasteiger partial charge >= 0.3 is 0 Å². The van der Waals surface area contributed by atoms with E-state index < -0.39 is 0 Å². The fourth-order valence-electron chi connectivity index (χ4n) is 2.21. The second-order valence-corrected chi connectivity index (χ2v) is 5.57. The largest absolute Gasteiger partial charge is 0.106 e. The smallest absolute Gasteiger partial charge is 0.0102 e. The van der Waals surface area contributed by atoms with E-state index in [4.69, 9.17) is 0 Å². The van der Waals surface area contributed by atoms with Crippen LogP contribution in [0.2, 0.25) is 0 Å². The Morgan fingerprint density at radius 2 is 1.47 bits per heavy atom. The molecule has 0 saturated heterocycles. The molecule has 0 bridgehead atoms. The first kappa shape index (κ1) is 16.6. The van der Waals surface area contributed by atoms with E-state index in [1.807, 2.05) is 6.08 Å². The van der Waals surface area contributed by atoms with E-state index in [1.54, 1.807) is 0 Å². The maximum atomic E-state index is 3.86. The molecular formula is C15H28. The molecule has 0 rings (SSSR count). The van der Waals surface area contributed by atoms with Crippen molar-refractivity contribution < 1.29 is 0 Å². The maximum Gasteiger partial charge on any atom is -0.0102 e. The minimum Gasteiger partial charge on any atom is -0.106 e. The number of hydrogen-bond donors (Lipinski definition) is 0. The average molecular weight is 208 g/mol. The highest BCUT2D eigenvalue weighted by Gasteiger charge is 2.27. The molecule has 88 valence electrons. The Kier molecular flexibility index (Phi) is 7.39. The average Bonchev–Trinajstić information content (AvgIpc) is 2.05. The zero-order chi connectivity index (χ0) is 12.7. The molecule has 0 fully saturated rings. The molecule has 0 saturated carbocycles. The van der Waals surface area contributed by atoms with Crippen molar-refractivity contribution in [2.75, 3.05) is 0 Å². The van der Waals surface area contributed by atoms with E-state index >= 15 is 0 Å². The van der Waals surface area contributed by atoms with Crippen LogP contribution < -0.4 is 0 Å². The Bertz CT molecular complexity index is 211. The Hall–Kier alpha value is -0.780. The van der Waals surface area contributed by atoms with Crippen molar-refractivity contribution in [2.24, 2.45) is 10.8 Å². The molecule has 15 heavy (non-hydrogen) atoms. The number of allylic oxidation sites excluding steroid dienone is 3. The molecule has 0 radical (unpaired) electrons. The first-order valence-corrected chi connectivity index (χ1v) is 5.52. The molecule has 0 aromatic carbocycles. The van der Waals surface area contributed by atoms with Crippen LogP contribution in [0.4, 0.5) is 0 Å². The lowest BCUT2D eigenvalue weighted by Crippen LogP contribution is -2.22. The zero-order valence-electron chi connectivity index (χ0n) is 11.5. The predicted octanol–water partition coefficient (Wildman–Crippen LogP) is 5.38. The van der Waals surface area contributed by atoms with Crippen molar-refractivity contribution in [1.29, 1.82) is 0 Å². The SMILES string of the molecule is C=C.C=C/C(=C\C)C(C)(C)CC(C)(C)C. The molecule has 0 aliphatic heterocycles. The van der Waals surface area contributed by atoms with E-state index in [-0.39, 0.29) is 5.41 Å². The van der Waals surface area contributed by atoms with Crippen LogP contribution >= 0.6 is 0 Å². The van der Waals surface area contributed by atoms with E-state index in [0.717, 1.165) is 0 Å². The Labute approximate surface area is 96.8 Å². The Morgan fingerprint density at radius 3 is 1.67 bits per heavy atom. The first-order chi connectivity index (χ1) is 6.73. The third kappa shape index (κ3) is 7.18. The molecule has 0 N–H and O–H groups in total. The normalized spacial score (nSPS) is 12.8. The summed E-state index contributed by atoms with van der Waals surface area (Å²) in [6.45, 7) is 23.4. The fourth-order valence-corrected chi connectivity index (χ4v) is 2.21. The third-order valence-electron chi connectivity index (χ3n) is 2.28. The van der Waals surface area contributed by atoms with Gasteiger partial charge in [-0.3, -0.25) is 0 Å². The Morgan fingerprint density at radius 1 is 1.07 bits per heavy atom. The zero-order valence-corrected chi connectivity index (χ0v) is 11.5. The molecule has 0 aliphatic rings. The van der Waals surface area contributed by atoms with Crippen molar-refractivity contribution in [3.8, 4) is 0 Å². The van der Waals surface area contributed by atoms with Gasteiger partial charge < -0.3 is 0 Å². The van der Waals surface area contributed by atoms with Crippen molar-refractivity contribution >= 4 is 0 Å². The highest BCUT2D eigenvalue weighted by molar-refractivity contribution is 5.23. The summed E-state index contributed by atoms with van der Waals surface area (Å²) in [5.74, 6) is 0. The summed E-state index contributed by atoms with van der Waals surface area (Å²) in [6, 6.07) is 0. The minimum atomic E-state index is 0.245. The fraction of sp³-hybridized carbons (Fsp3) is 0.600. The highest BCUT2D eigenvalue weighted by Crippen LogP contribution is 2.38. The highest BCUT2D eigenvalue weighted by atomic mass is 14.3. The second-order valence-electron chi connectivity index (χ2n) is 5.57.